The second-order valence-corrected chi connectivity index (χ2v) is 10.4. The van der Waals surface area contributed by atoms with Crippen LogP contribution in [0.3, 0.4) is 0 Å². The molecular weight excluding hydrogens is 402 g/mol. The minimum absolute atomic E-state index is 0.0550. The third-order valence-corrected chi connectivity index (χ3v) is 7.24. The number of nitrogens with zero attached hydrogens (tertiary/aromatic N) is 1. The van der Waals surface area contributed by atoms with Crippen molar-refractivity contribution in [2.75, 3.05) is 26.3 Å². The molecule has 6 nitrogen and oxygen atoms in total. The molecule has 2 aromatic rings. The Morgan fingerprint density at radius 1 is 1.07 bits per heavy atom. The SMILES string of the molecule is Cc1ccc(C(=O)OCc2ccc(C(C)(C)C)cc2)cc1S(=O)(=O)N1CCOCC1. The van der Waals surface area contributed by atoms with E-state index < -0.39 is 16.0 Å². The fourth-order valence-corrected chi connectivity index (χ4v) is 4.92. The van der Waals surface area contributed by atoms with Gasteiger partial charge in [0.1, 0.15) is 6.61 Å². The van der Waals surface area contributed by atoms with Crippen molar-refractivity contribution in [1.82, 2.24) is 4.31 Å². The summed E-state index contributed by atoms with van der Waals surface area (Å²) in [6, 6.07) is 12.6. The van der Waals surface area contributed by atoms with Crippen LogP contribution in [-0.2, 0) is 31.5 Å². The highest BCUT2D eigenvalue weighted by atomic mass is 32.2. The average molecular weight is 432 g/mol. The van der Waals surface area contributed by atoms with Gasteiger partial charge in [0.25, 0.3) is 0 Å². The molecule has 1 saturated heterocycles. The molecule has 0 aromatic heterocycles. The molecule has 0 atom stereocenters. The summed E-state index contributed by atoms with van der Waals surface area (Å²) in [6.45, 7) is 9.62. The fourth-order valence-electron chi connectivity index (χ4n) is 3.26. The molecular formula is C23H29NO5S. The van der Waals surface area contributed by atoms with Crippen LogP contribution in [0.5, 0.6) is 0 Å². The van der Waals surface area contributed by atoms with Crippen LogP contribution in [-0.4, -0.2) is 45.0 Å². The van der Waals surface area contributed by atoms with E-state index in [9.17, 15) is 13.2 Å². The first kappa shape index (κ1) is 22.5. The second-order valence-electron chi connectivity index (χ2n) is 8.52. The zero-order valence-electron chi connectivity index (χ0n) is 18.0. The van der Waals surface area contributed by atoms with Crippen LogP contribution in [0.15, 0.2) is 47.4 Å². The first-order valence-corrected chi connectivity index (χ1v) is 11.5. The molecule has 0 radical (unpaired) electrons. The van der Waals surface area contributed by atoms with E-state index >= 15 is 0 Å². The van der Waals surface area contributed by atoms with Crippen molar-refractivity contribution in [3.8, 4) is 0 Å². The lowest BCUT2D eigenvalue weighted by Crippen LogP contribution is -2.40. The Labute approximate surface area is 178 Å². The third kappa shape index (κ3) is 5.09. The normalized spacial score (nSPS) is 15.7. The van der Waals surface area contributed by atoms with Crippen molar-refractivity contribution in [2.45, 2.75) is 44.6 Å². The van der Waals surface area contributed by atoms with Crippen molar-refractivity contribution in [3.05, 3.63) is 64.7 Å². The van der Waals surface area contributed by atoms with Gasteiger partial charge in [0.2, 0.25) is 10.0 Å². The summed E-state index contributed by atoms with van der Waals surface area (Å²) >= 11 is 0. The van der Waals surface area contributed by atoms with Crippen LogP contribution in [0.2, 0.25) is 0 Å². The molecule has 1 heterocycles. The maximum Gasteiger partial charge on any atom is 0.338 e. The molecule has 7 heteroatoms. The van der Waals surface area contributed by atoms with Gasteiger partial charge in [-0.15, -0.1) is 0 Å². The number of hydrogen-bond acceptors (Lipinski definition) is 5. The molecule has 0 spiro atoms. The molecule has 30 heavy (non-hydrogen) atoms. The molecule has 0 aliphatic carbocycles. The molecule has 1 fully saturated rings. The largest absolute Gasteiger partial charge is 0.457 e. The van der Waals surface area contributed by atoms with Crippen LogP contribution >= 0.6 is 0 Å². The number of esters is 1. The van der Waals surface area contributed by atoms with Crippen LogP contribution < -0.4 is 0 Å². The van der Waals surface area contributed by atoms with Gasteiger partial charge in [-0.3, -0.25) is 0 Å². The van der Waals surface area contributed by atoms with Crippen LogP contribution in [0, 0.1) is 6.92 Å². The Bertz CT molecular complexity index is 1000. The lowest BCUT2D eigenvalue weighted by atomic mass is 9.87. The lowest BCUT2D eigenvalue weighted by molar-refractivity contribution is 0.0472. The number of rotatable bonds is 5. The van der Waals surface area contributed by atoms with Crippen molar-refractivity contribution < 1.29 is 22.7 Å². The van der Waals surface area contributed by atoms with Gasteiger partial charge >= 0.3 is 5.97 Å². The number of sulfonamides is 1. The molecule has 1 aliphatic heterocycles. The molecule has 3 rings (SSSR count). The van der Waals surface area contributed by atoms with Crippen LogP contribution in [0.25, 0.3) is 0 Å². The van der Waals surface area contributed by atoms with Crippen LogP contribution in [0.1, 0.15) is 47.8 Å². The summed E-state index contributed by atoms with van der Waals surface area (Å²) in [5.74, 6) is -0.548. The first-order chi connectivity index (χ1) is 14.1. The highest BCUT2D eigenvalue weighted by Gasteiger charge is 2.28. The molecule has 0 unspecified atom stereocenters. The standard InChI is InChI=1S/C23H29NO5S/c1-17-5-8-19(15-21(17)30(26,27)24-11-13-28-14-12-24)22(25)29-16-18-6-9-20(10-7-18)23(2,3)4/h5-10,15H,11-14,16H2,1-4H3. The second kappa shape index (κ2) is 8.88. The van der Waals surface area contributed by atoms with Crippen molar-refractivity contribution >= 4 is 16.0 Å². The van der Waals surface area contributed by atoms with Crippen molar-refractivity contribution in [1.29, 1.82) is 0 Å². The van der Waals surface area contributed by atoms with Gasteiger partial charge in [-0.25, -0.2) is 13.2 Å². The highest BCUT2D eigenvalue weighted by molar-refractivity contribution is 7.89. The summed E-state index contributed by atoms with van der Waals surface area (Å²) in [6.07, 6.45) is 0. The number of carbonyl (C=O) groups is 1. The topological polar surface area (TPSA) is 72.9 Å². The summed E-state index contributed by atoms with van der Waals surface area (Å²) in [4.78, 5) is 12.7. The van der Waals surface area contributed by atoms with Crippen LogP contribution in [0.4, 0.5) is 0 Å². The van der Waals surface area contributed by atoms with E-state index in [0.29, 0.717) is 31.9 Å². The zero-order chi connectivity index (χ0) is 21.9. The zero-order valence-corrected chi connectivity index (χ0v) is 18.8. The van der Waals surface area contributed by atoms with Gasteiger partial charge in [-0.1, -0.05) is 51.1 Å². The molecule has 0 bridgehead atoms. The van der Waals surface area contributed by atoms with Crippen molar-refractivity contribution in [3.63, 3.8) is 0 Å². The van der Waals surface area contributed by atoms with E-state index in [1.54, 1.807) is 19.1 Å². The number of benzene rings is 2. The Balaban J connectivity index is 1.73. The van der Waals surface area contributed by atoms with E-state index in [4.69, 9.17) is 9.47 Å². The maximum absolute atomic E-state index is 13.0. The van der Waals surface area contributed by atoms with Gasteiger partial charge in [0, 0.05) is 13.1 Å². The summed E-state index contributed by atoms with van der Waals surface area (Å²) in [5, 5.41) is 0. The summed E-state index contributed by atoms with van der Waals surface area (Å²) < 4.78 is 38.0. The Kier molecular flexibility index (Phi) is 6.65. The number of aryl methyl sites for hydroxylation is 1. The number of morpholine rings is 1. The third-order valence-electron chi connectivity index (χ3n) is 5.20. The van der Waals surface area contributed by atoms with Gasteiger partial charge in [0.05, 0.1) is 23.7 Å². The number of hydrogen-bond donors (Lipinski definition) is 0. The Morgan fingerprint density at radius 2 is 1.70 bits per heavy atom. The Morgan fingerprint density at radius 3 is 2.30 bits per heavy atom. The molecule has 1 aliphatic rings. The summed E-state index contributed by atoms with van der Waals surface area (Å²) in [5.41, 5.74) is 2.95. The molecule has 2 aromatic carbocycles. The minimum atomic E-state index is -3.69. The molecule has 0 saturated carbocycles. The predicted molar refractivity (Wildman–Crippen MR) is 115 cm³/mol. The molecule has 162 valence electrons. The number of ether oxygens (including phenoxy) is 2. The van der Waals surface area contributed by atoms with Gasteiger partial charge in [-0.2, -0.15) is 4.31 Å². The predicted octanol–water partition coefficient (Wildman–Crippen LogP) is 3.67. The van der Waals surface area contributed by atoms with E-state index in [2.05, 4.69) is 20.8 Å². The van der Waals surface area contributed by atoms with Crippen molar-refractivity contribution in [2.24, 2.45) is 0 Å². The number of carbonyl (C=O) groups excluding carboxylic acids is 1. The molecule has 0 N–H and O–H groups in total. The monoisotopic (exact) mass is 431 g/mol. The quantitative estimate of drug-likeness (QED) is 0.676. The summed E-state index contributed by atoms with van der Waals surface area (Å²) in [7, 11) is -3.69. The smallest absolute Gasteiger partial charge is 0.338 e. The highest BCUT2D eigenvalue weighted by Crippen LogP contribution is 2.24. The first-order valence-electron chi connectivity index (χ1n) is 10.0. The van der Waals surface area contributed by atoms with Gasteiger partial charge in [0.15, 0.2) is 0 Å². The average Bonchev–Trinajstić information content (AvgIpc) is 2.72. The fraction of sp³-hybridized carbons (Fsp3) is 0.435. The molecule has 0 amide bonds. The Hall–Kier alpha value is -2.22. The lowest BCUT2D eigenvalue weighted by Gasteiger charge is -2.26. The van der Waals surface area contributed by atoms with Gasteiger partial charge < -0.3 is 9.47 Å². The maximum atomic E-state index is 13.0. The van der Waals surface area contributed by atoms with Gasteiger partial charge in [-0.05, 0) is 41.2 Å². The van der Waals surface area contributed by atoms with E-state index in [1.165, 1.54) is 15.9 Å². The minimum Gasteiger partial charge on any atom is -0.457 e. The van der Waals surface area contributed by atoms with E-state index in [0.717, 1.165) is 5.56 Å². The van der Waals surface area contributed by atoms with E-state index in [1.807, 2.05) is 24.3 Å². The van der Waals surface area contributed by atoms with E-state index in [-0.39, 0.29) is 22.5 Å².